The van der Waals surface area contributed by atoms with E-state index in [2.05, 4.69) is 16.0 Å². The van der Waals surface area contributed by atoms with E-state index in [9.17, 15) is 14.8 Å². The first kappa shape index (κ1) is 25.0. The van der Waals surface area contributed by atoms with E-state index in [1.54, 1.807) is 13.0 Å². The molecule has 8 nitrogen and oxygen atoms in total. The fourth-order valence-corrected chi connectivity index (χ4v) is 5.76. The van der Waals surface area contributed by atoms with Crippen LogP contribution < -0.4 is 20.7 Å². The number of rotatable bonds is 6. The third-order valence-electron chi connectivity index (χ3n) is 7.80. The minimum absolute atomic E-state index is 0.108. The van der Waals surface area contributed by atoms with E-state index in [-0.39, 0.29) is 17.7 Å². The Bertz CT molecular complexity index is 1290. The highest BCUT2D eigenvalue weighted by molar-refractivity contribution is 6.01. The zero-order chi connectivity index (χ0) is 25.9. The second kappa shape index (κ2) is 10.8. The van der Waals surface area contributed by atoms with Gasteiger partial charge in [-0.15, -0.1) is 0 Å². The summed E-state index contributed by atoms with van der Waals surface area (Å²) in [6.07, 6.45) is 6.68. The molecule has 3 heterocycles. The zero-order valence-corrected chi connectivity index (χ0v) is 21.5. The van der Waals surface area contributed by atoms with E-state index >= 15 is 0 Å². The van der Waals surface area contributed by atoms with Crippen LogP contribution in [0, 0.1) is 25.0 Å². The summed E-state index contributed by atoms with van der Waals surface area (Å²) in [6, 6.07) is 12.6. The van der Waals surface area contributed by atoms with Crippen molar-refractivity contribution in [1.29, 1.82) is 0 Å². The maximum Gasteiger partial charge on any atom is 0.268 e. The first-order valence-corrected chi connectivity index (χ1v) is 13.2. The normalized spacial score (nSPS) is 16.6. The molecule has 0 radical (unpaired) electrons. The molecular weight excluding hydrogens is 466 g/mol. The van der Waals surface area contributed by atoms with Gasteiger partial charge in [0.05, 0.1) is 5.56 Å². The van der Waals surface area contributed by atoms with Crippen LogP contribution >= 0.6 is 0 Å². The number of nitrogens with zero attached hydrogens (tertiary/aromatic N) is 2. The Morgan fingerprint density at radius 2 is 1.81 bits per heavy atom. The maximum atomic E-state index is 13.5. The Balaban J connectivity index is 1.34. The predicted octanol–water partition coefficient (Wildman–Crippen LogP) is 3.83. The fourth-order valence-electron chi connectivity index (χ4n) is 5.76. The fraction of sp³-hybridized carbons (Fsp3) is 0.414. The molecule has 2 aliphatic rings. The quantitative estimate of drug-likeness (QED) is 0.353. The van der Waals surface area contributed by atoms with Gasteiger partial charge in [-0.2, -0.15) is 4.73 Å². The monoisotopic (exact) mass is 501 g/mol. The number of fused-ring (bicyclic) bond motifs is 1. The van der Waals surface area contributed by atoms with E-state index < -0.39 is 6.04 Å². The van der Waals surface area contributed by atoms with Crippen LogP contribution in [0.4, 0.5) is 5.69 Å². The zero-order valence-electron chi connectivity index (χ0n) is 21.5. The highest BCUT2D eigenvalue weighted by atomic mass is 16.5. The van der Waals surface area contributed by atoms with Crippen molar-refractivity contribution in [3.05, 3.63) is 76.5 Å². The predicted molar refractivity (Wildman–Crippen MR) is 143 cm³/mol. The van der Waals surface area contributed by atoms with E-state index in [4.69, 9.17) is 0 Å². The van der Waals surface area contributed by atoms with Crippen LogP contribution in [0.15, 0.2) is 48.7 Å². The van der Waals surface area contributed by atoms with Crippen LogP contribution in [0.25, 0.3) is 11.1 Å². The van der Waals surface area contributed by atoms with Gasteiger partial charge in [-0.3, -0.25) is 9.59 Å². The minimum Gasteiger partial charge on any atom is -0.618 e. The summed E-state index contributed by atoms with van der Waals surface area (Å²) in [6.45, 7) is 6.09. The first-order valence-electron chi connectivity index (χ1n) is 13.2. The van der Waals surface area contributed by atoms with E-state index in [0.717, 1.165) is 72.4 Å². The molecule has 5 rings (SSSR count). The molecule has 1 aliphatic heterocycles. The topological polar surface area (TPSA) is 102 Å². The molecule has 3 N–H and O–H groups in total. The number of hydrogen-bond acceptors (Lipinski definition) is 4. The van der Waals surface area contributed by atoms with Crippen molar-refractivity contribution < 1.29 is 14.3 Å². The lowest BCUT2D eigenvalue weighted by Crippen LogP contribution is -2.49. The van der Waals surface area contributed by atoms with Crippen molar-refractivity contribution >= 4 is 17.5 Å². The van der Waals surface area contributed by atoms with Crippen molar-refractivity contribution in [2.75, 3.05) is 11.9 Å². The number of anilines is 1. The minimum atomic E-state index is -0.599. The Morgan fingerprint density at radius 3 is 2.57 bits per heavy atom. The smallest absolute Gasteiger partial charge is 0.268 e. The van der Waals surface area contributed by atoms with Gasteiger partial charge in [-0.25, -0.2) is 0 Å². The summed E-state index contributed by atoms with van der Waals surface area (Å²) in [5.41, 5.74) is 5.83. The second-order valence-corrected chi connectivity index (χ2v) is 10.2. The van der Waals surface area contributed by atoms with Gasteiger partial charge in [-0.05, 0) is 61.1 Å². The van der Waals surface area contributed by atoms with Gasteiger partial charge in [0.1, 0.15) is 11.7 Å². The highest BCUT2D eigenvalue weighted by Crippen LogP contribution is 2.29. The summed E-state index contributed by atoms with van der Waals surface area (Å²) >= 11 is 0. The lowest BCUT2D eigenvalue weighted by atomic mass is 9.83. The molecule has 0 spiro atoms. The lowest BCUT2D eigenvalue weighted by Gasteiger charge is -2.30. The van der Waals surface area contributed by atoms with Gasteiger partial charge in [0.15, 0.2) is 11.9 Å². The number of carbonyl (C=O) groups excluding carboxylic acids is 2. The Labute approximate surface area is 217 Å². The summed E-state index contributed by atoms with van der Waals surface area (Å²) in [5.74, 6) is -0.281. The van der Waals surface area contributed by atoms with Gasteiger partial charge >= 0.3 is 0 Å². The molecule has 2 aromatic heterocycles. The molecule has 0 unspecified atom stereocenters. The van der Waals surface area contributed by atoms with Crippen molar-refractivity contribution in [3.63, 3.8) is 0 Å². The number of benzene rings is 1. The summed E-state index contributed by atoms with van der Waals surface area (Å²) in [4.78, 5) is 26.8. The Morgan fingerprint density at radius 1 is 1.05 bits per heavy atom. The number of aryl methyl sites for hydroxylation is 1. The Hall–Kier alpha value is -3.65. The van der Waals surface area contributed by atoms with Gasteiger partial charge in [0, 0.05) is 44.0 Å². The molecular formula is C29H35N5O3. The van der Waals surface area contributed by atoms with Gasteiger partial charge in [-0.1, -0.05) is 31.4 Å². The number of amides is 2. The molecule has 1 saturated carbocycles. The first-order chi connectivity index (χ1) is 17.9. The molecule has 1 aliphatic carbocycles. The van der Waals surface area contributed by atoms with E-state index in [1.165, 1.54) is 12.6 Å². The van der Waals surface area contributed by atoms with Gasteiger partial charge in [0.2, 0.25) is 5.91 Å². The summed E-state index contributed by atoms with van der Waals surface area (Å²) < 4.78 is 2.91. The third-order valence-corrected chi connectivity index (χ3v) is 7.80. The van der Waals surface area contributed by atoms with Crippen LogP contribution in [-0.2, 0) is 17.9 Å². The van der Waals surface area contributed by atoms with Crippen LogP contribution in [0.2, 0.25) is 0 Å². The lowest BCUT2D eigenvalue weighted by molar-refractivity contribution is -0.611. The van der Waals surface area contributed by atoms with Crippen LogP contribution in [-0.4, -0.2) is 29.0 Å². The van der Waals surface area contributed by atoms with Crippen LogP contribution in [0.1, 0.15) is 59.5 Å². The van der Waals surface area contributed by atoms with Crippen molar-refractivity contribution in [3.8, 4) is 11.1 Å². The molecule has 194 valence electrons. The van der Waals surface area contributed by atoms with Crippen molar-refractivity contribution in [2.24, 2.45) is 5.92 Å². The SMILES string of the molecule is Cc1cc[n+]([O-])c(C)c1-c1ccc(NC(=O)[C@H](NC(=O)c2ccc3n2CCNC3)C2CCCCC2)cc1. The molecule has 3 aromatic rings. The van der Waals surface area contributed by atoms with Crippen LogP contribution in [0.5, 0.6) is 0 Å². The summed E-state index contributed by atoms with van der Waals surface area (Å²) in [7, 11) is 0. The van der Waals surface area contributed by atoms with E-state index in [1.807, 2.05) is 47.9 Å². The maximum absolute atomic E-state index is 13.5. The molecule has 1 fully saturated rings. The molecule has 1 atom stereocenters. The number of hydrogen-bond donors (Lipinski definition) is 3. The molecule has 8 heteroatoms. The molecule has 0 saturated heterocycles. The van der Waals surface area contributed by atoms with Crippen molar-refractivity contribution in [2.45, 2.75) is 65.1 Å². The van der Waals surface area contributed by atoms with Crippen molar-refractivity contribution in [1.82, 2.24) is 15.2 Å². The average Bonchev–Trinajstić information content (AvgIpc) is 3.35. The molecule has 37 heavy (non-hydrogen) atoms. The van der Waals surface area contributed by atoms with Gasteiger partial charge in [0.25, 0.3) is 5.91 Å². The second-order valence-electron chi connectivity index (χ2n) is 10.2. The van der Waals surface area contributed by atoms with Gasteiger partial charge < -0.3 is 25.7 Å². The number of aromatic nitrogens is 2. The largest absolute Gasteiger partial charge is 0.618 e. The summed E-state index contributed by atoms with van der Waals surface area (Å²) in [5, 5.41) is 21.5. The third kappa shape index (κ3) is 5.25. The molecule has 1 aromatic carbocycles. The average molecular weight is 502 g/mol. The number of carbonyl (C=O) groups is 2. The molecule has 0 bridgehead atoms. The Kier molecular flexibility index (Phi) is 7.28. The standard InChI is InChI=1S/C29H35N5O3/c1-19-14-16-34(37)20(2)26(19)21-8-10-23(11-9-21)31-29(36)27(22-6-4-3-5-7-22)32-28(35)25-13-12-24-18-30-15-17-33(24)25/h8-14,16,22,27,30H,3-7,15,17-18H2,1-2H3,(H,31,36)(H,32,35)/t27-/m1/s1. The highest BCUT2D eigenvalue weighted by Gasteiger charge is 2.32. The van der Waals surface area contributed by atoms with Crippen LogP contribution in [0.3, 0.4) is 0 Å². The number of pyridine rings is 1. The molecule has 2 amide bonds. The van der Waals surface area contributed by atoms with E-state index in [0.29, 0.717) is 17.1 Å². The number of nitrogens with one attached hydrogen (secondary N) is 3.